The van der Waals surface area contributed by atoms with Crippen molar-refractivity contribution >= 4 is 64.5 Å². The van der Waals surface area contributed by atoms with Gasteiger partial charge in [-0.25, -0.2) is 0 Å². The van der Waals surface area contributed by atoms with Gasteiger partial charge in [0, 0.05) is 34.0 Å². The fourth-order valence-corrected chi connectivity index (χ4v) is 19.3. The number of aryl methyl sites for hydroxylation is 1. The Bertz CT molecular complexity index is 3350. The Balaban J connectivity index is 1.16. The first-order valence-corrected chi connectivity index (χ1v) is 30.4. The molecular formula is C66H77BN2OSi. The topological polar surface area (TPSA) is 15.7 Å². The number of hydrogen-bond acceptors (Lipinski definition) is 3. The average molecular weight is 953 g/mol. The van der Waals surface area contributed by atoms with Gasteiger partial charge in [-0.15, -0.1) is 0 Å². The van der Waals surface area contributed by atoms with Gasteiger partial charge in [0.1, 0.15) is 25.4 Å². The number of fused-ring (bicyclic) bond motifs is 12. The van der Waals surface area contributed by atoms with Gasteiger partial charge in [0.05, 0.1) is 0 Å². The van der Waals surface area contributed by atoms with Crippen LogP contribution in [0.4, 0.5) is 28.4 Å². The first-order valence-electron chi connectivity index (χ1n) is 27.4. The summed E-state index contributed by atoms with van der Waals surface area (Å²) in [6.45, 7) is 39.9. The van der Waals surface area contributed by atoms with Gasteiger partial charge in [0.2, 0.25) is 0 Å². The number of rotatable bonds is 2. The second-order valence-corrected chi connectivity index (χ2v) is 32.6. The lowest BCUT2D eigenvalue weighted by Gasteiger charge is -2.54. The first-order chi connectivity index (χ1) is 33.2. The van der Waals surface area contributed by atoms with Crippen molar-refractivity contribution in [2.45, 2.75) is 193 Å². The number of anilines is 5. The van der Waals surface area contributed by atoms with Crippen LogP contribution in [0.5, 0.6) is 5.75 Å². The van der Waals surface area contributed by atoms with Crippen LogP contribution in [0.3, 0.4) is 0 Å². The van der Waals surface area contributed by atoms with Crippen LogP contribution in [0.15, 0.2) is 97.1 Å². The van der Waals surface area contributed by atoms with E-state index in [0.717, 1.165) is 5.75 Å². The van der Waals surface area contributed by atoms with Crippen LogP contribution in [0.1, 0.15) is 173 Å². The maximum atomic E-state index is 8.02. The van der Waals surface area contributed by atoms with Gasteiger partial charge < -0.3 is 14.5 Å². The molecule has 0 saturated carbocycles. The maximum Gasteiger partial charge on any atom is 0.267 e. The van der Waals surface area contributed by atoms with E-state index in [2.05, 4.69) is 217 Å². The molecule has 0 bridgehead atoms. The number of ether oxygens (including phenoxy) is 1. The minimum Gasteiger partial charge on any atom is -0.495 e. The fraction of sp³-hybridized carbons (Fsp3) is 0.455. The molecule has 0 spiro atoms. The number of benzene rings is 6. The van der Waals surface area contributed by atoms with Crippen LogP contribution < -0.4 is 35.8 Å². The van der Waals surface area contributed by atoms with Gasteiger partial charge in [-0.05, 0) is 205 Å². The first kappa shape index (κ1) is 45.8. The summed E-state index contributed by atoms with van der Waals surface area (Å²) in [6, 6.07) is 39.7. The Morgan fingerprint density at radius 2 is 1.03 bits per heavy atom. The van der Waals surface area contributed by atoms with E-state index in [1.54, 1.807) is 10.4 Å². The van der Waals surface area contributed by atoms with Crippen molar-refractivity contribution in [3.63, 3.8) is 0 Å². The van der Waals surface area contributed by atoms with Crippen LogP contribution in [-0.4, -0.2) is 20.8 Å². The van der Waals surface area contributed by atoms with Crippen LogP contribution >= 0.6 is 0 Å². The van der Waals surface area contributed by atoms with Gasteiger partial charge in [-0.3, -0.25) is 0 Å². The average Bonchev–Trinajstić information content (AvgIpc) is 3.74. The predicted molar refractivity (Wildman–Crippen MR) is 306 cm³/mol. The molecule has 4 heterocycles. The molecule has 0 aromatic heterocycles. The minimum atomic E-state index is -2.21. The molecule has 3 aliphatic carbocycles. The predicted octanol–water partition coefficient (Wildman–Crippen LogP) is 14.6. The minimum absolute atomic E-state index is 0.0168. The zero-order chi connectivity index (χ0) is 50.1. The Labute approximate surface area is 427 Å². The molecule has 6 aromatic carbocycles. The van der Waals surface area contributed by atoms with E-state index in [1.165, 1.54) is 134 Å². The van der Waals surface area contributed by atoms with Gasteiger partial charge in [-0.1, -0.05) is 145 Å². The molecule has 2 unspecified atom stereocenters. The molecule has 0 fully saturated rings. The highest BCUT2D eigenvalue weighted by Gasteiger charge is 2.63. The van der Waals surface area contributed by atoms with Gasteiger partial charge >= 0.3 is 0 Å². The summed E-state index contributed by atoms with van der Waals surface area (Å²) in [5.41, 5.74) is 23.7. The van der Waals surface area contributed by atoms with Crippen molar-refractivity contribution in [3.05, 3.63) is 142 Å². The van der Waals surface area contributed by atoms with E-state index >= 15 is 0 Å². The summed E-state index contributed by atoms with van der Waals surface area (Å²) in [6.07, 6.45) is 7.07. The molecule has 7 aliphatic rings. The lowest BCUT2D eigenvalue weighted by Crippen LogP contribution is -2.71. The van der Waals surface area contributed by atoms with Crippen molar-refractivity contribution in [3.8, 4) is 16.9 Å². The van der Waals surface area contributed by atoms with Crippen LogP contribution in [0, 0.1) is 6.92 Å². The summed E-state index contributed by atoms with van der Waals surface area (Å²) in [4.78, 5) is 5.59. The Hall–Kier alpha value is -5.00. The van der Waals surface area contributed by atoms with Crippen molar-refractivity contribution in [2.24, 2.45) is 0 Å². The molecule has 3 nitrogen and oxygen atoms in total. The maximum absolute atomic E-state index is 8.02. The van der Waals surface area contributed by atoms with Crippen LogP contribution in [-0.2, 0) is 38.0 Å². The monoisotopic (exact) mass is 953 g/mol. The van der Waals surface area contributed by atoms with E-state index in [4.69, 9.17) is 4.74 Å². The van der Waals surface area contributed by atoms with E-state index in [1.807, 2.05) is 0 Å². The third-order valence-electron chi connectivity index (χ3n) is 20.6. The lowest BCUT2D eigenvalue weighted by atomic mass is 9.30. The summed E-state index contributed by atoms with van der Waals surface area (Å²) in [7, 11) is -2.21. The summed E-state index contributed by atoms with van der Waals surface area (Å²) >= 11 is 0. The van der Waals surface area contributed by atoms with E-state index in [9.17, 15) is 0 Å². The second kappa shape index (κ2) is 14.0. The molecule has 13 rings (SSSR count). The summed E-state index contributed by atoms with van der Waals surface area (Å²) in [5.74, 6) is 1.08. The Morgan fingerprint density at radius 3 is 1.68 bits per heavy atom. The molecule has 2 atom stereocenters. The molecular weight excluding hydrogens is 876 g/mol. The van der Waals surface area contributed by atoms with Gasteiger partial charge in [-0.2, -0.15) is 0 Å². The summed E-state index contributed by atoms with van der Waals surface area (Å²) < 4.78 is 8.02. The fourth-order valence-electron chi connectivity index (χ4n) is 15.9. The molecule has 5 heteroatoms. The molecule has 364 valence electrons. The Kier molecular flexibility index (Phi) is 9.03. The normalized spacial score (nSPS) is 25.0. The highest BCUT2D eigenvalue weighted by molar-refractivity contribution is 7.04. The third-order valence-corrected chi connectivity index (χ3v) is 24.2. The van der Waals surface area contributed by atoms with Crippen molar-refractivity contribution in [1.29, 1.82) is 0 Å². The van der Waals surface area contributed by atoms with Crippen molar-refractivity contribution in [1.82, 2.24) is 0 Å². The third kappa shape index (κ3) is 5.96. The zero-order valence-corrected chi connectivity index (χ0v) is 46.9. The quantitative estimate of drug-likeness (QED) is 0.161. The largest absolute Gasteiger partial charge is 0.495 e. The standard InChI is InChI=1S/C66H77BN2OSi/c1-39-32-53-57-54(33-39)69(51-22-19-21-42-41-20-17-18-23-56(41)71(15,16)58(42)51)66(14)49-35-45-48(65(12,13)31-28-62(45,6)7)38-55(49)70-59(66)67(57)50-36-46-47(64(10,11)30-29-63(46,8)9)37-52(50)68(53)40-24-25-43-44(34-40)61(4,5)27-26-60(43,2)3/h17-25,32-38,59H,26-31H2,1-16H3. The molecule has 0 amide bonds. The zero-order valence-electron chi connectivity index (χ0n) is 45.9. The van der Waals surface area contributed by atoms with Gasteiger partial charge in [0.15, 0.2) is 0 Å². The van der Waals surface area contributed by atoms with Crippen molar-refractivity contribution < 1.29 is 4.74 Å². The molecule has 71 heavy (non-hydrogen) atoms. The second-order valence-electron chi connectivity index (χ2n) is 28.3. The molecule has 0 radical (unpaired) electrons. The van der Waals surface area contributed by atoms with E-state index in [-0.39, 0.29) is 45.2 Å². The van der Waals surface area contributed by atoms with E-state index < -0.39 is 13.6 Å². The molecule has 0 N–H and O–H groups in total. The van der Waals surface area contributed by atoms with Gasteiger partial charge in [0.25, 0.3) is 6.71 Å². The molecule has 6 aromatic rings. The van der Waals surface area contributed by atoms with Crippen molar-refractivity contribution in [2.75, 3.05) is 9.80 Å². The highest BCUT2D eigenvalue weighted by Crippen LogP contribution is 2.60. The van der Waals surface area contributed by atoms with E-state index in [0.29, 0.717) is 0 Å². The smallest absolute Gasteiger partial charge is 0.267 e. The highest BCUT2D eigenvalue weighted by atomic mass is 28.3. The SMILES string of the molecule is Cc1cc2c3c(c1)N(c1cccc4c1[Si](C)(C)c1ccccc1-4)C1(C)c4cc5c(cc4OC1B3c1cc3c(cc1N2c1ccc2c(c1)C(C)(C)CCC2(C)C)C(C)(C)CCC3(C)C)C(C)(C)CCC5(C)C. The molecule has 0 saturated heterocycles. The molecule has 4 aliphatic heterocycles. The Morgan fingerprint density at radius 1 is 0.493 bits per heavy atom. The van der Waals surface area contributed by atoms with Crippen LogP contribution in [0.2, 0.25) is 13.1 Å². The number of nitrogens with zero attached hydrogens (tertiary/aromatic N) is 2. The lowest BCUT2D eigenvalue weighted by molar-refractivity contribution is 0.230. The van der Waals surface area contributed by atoms with Crippen LogP contribution in [0.25, 0.3) is 11.1 Å². The number of hydrogen-bond donors (Lipinski definition) is 0. The summed E-state index contributed by atoms with van der Waals surface area (Å²) in [5, 5.41) is 3.09.